The van der Waals surface area contributed by atoms with E-state index in [1.807, 2.05) is 30.0 Å². The number of hydrogen-bond acceptors (Lipinski definition) is 4. The number of aliphatic hydroxyl groups is 1. The van der Waals surface area contributed by atoms with Gasteiger partial charge in [0.1, 0.15) is 5.82 Å². The molecule has 2 aliphatic rings. The van der Waals surface area contributed by atoms with Crippen molar-refractivity contribution in [3.8, 4) is 0 Å². The van der Waals surface area contributed by atoms with Crippen LogP contribution in [-0.2, 0) is 17.8 Å². The quantitative estimate of drug-likeness (QED) is 0.894. The molecule has 1 aliphatic heterocycles. The molecule has 2 fully saturated rings. The van der Waals surface area contributed by atoms with E-state index >= 15 is 0 Å². The van der Waals surface area contributed by atoms with Gasteiger partial charge in [-0.1, -0.05) is 26.0 Å². The van der Waals surface area contributed by atoms with Gasteiger partial charge in [0.15, 0.2) is 0 Å². The van der Waals surface area contributed by atoms with E-state index in [1.54, 1.807) is 10.6 Å². The zero-order chi connectivity index (χ0) is 19.2. The van der Waals surface area contributed by atoms with Gasteiger partial charge in [-0.15, -0.1) is 0 Å². The Kier molecular flexibility index (Phi) is 4.54. The predicted molar refractivity (Wildman–Crippen MR) is 103 cm³/mol. The maximum Gasteiger partial charge on any atom is 0.261 e. The molecule has 27 heavy (non-hydrogen) atoms. The van der Waals surface area contributed by atoms with Gasteiger partial charge in [0, 0.05) is 25.4 Å². The van der Waals surface area contributed by atoms with Crippen molar-refractivity contribution in [1.29, 1.82) is 0 Å². The van der Waals surface area contributed by atoms with E-state index in [0.717, 1.165) is 6.42 Å². The second-order valence-corrected chi connectivity index (χ2v) is 8.16. The third kappa shape index (κ3) is 3.38. The van der Waals surface area contributed by atoms with Crippen molar-refractivity contribution in [2.24, 2.45) is 11.8 Å². The summed E-state index contributed by atoms with van der Waals surface area (Å²) >= 11 is 0. The Hall–Kier alpha value is -2.21. The first-order valence-electron chi connectivity index (χ1n) is 9.91. The first kappa shape index (κ1) is 18.2. The third-order valence-corrected chi connectivity index (χ3v) is 6.14. The summed E-state index contributed by atoms with van der Waals surface area (Å²) in [4.78, 5) is 31.9. The van der Waals surface area contributed by atoms with Crippen LogP contribution in [0.3, 0.4) is 0 Å². The number of aromatic nitrogens is 2. The van der Waals surface area contributed by atoms with Gasteiger partial charge in [0.25, 0.3) is 5.56 Å². The van der Waals surface area contributed by atoms with E-state index in [-0.39, 0.29) is 23.9 Å². The van der Waals surface area contributed by atoms with Gasteiger partial charge >= 0.3 is 0 Å². The van der Waals surface area contributed by atoms with Crippen LogP contribution < -0.4 is 5.56 Å². The highest BCUT2D eigenvalue weighted by molar-refractivity contribution is 5.81. The maximum atomic E-state index is 13.0. The minimum absolute atomic E-state index is 0.101. The van der Waals surface area contributed by atoms with Gasteiger partial charge in [-0.2, -0.15) is 0 Å². The van der Waals surface area contributed by atoms with E-state index in [0.29, 0.717) is 55.0 Å². The minimum atomic E-state index is -0.982. The van der Waals surface area contributed by atoms with Gasteiger partial charge < -0.3 is 10.0 Å². The van der Waals surface area contributed by atoms with E-state index in [1.165, 1.54) is 0 Å². The second-order valence-electron chi connectivity index (χ2n) is 8.16. The van der Waals surface area contributed by atoms with Gasteiger partial charge in [-0.3, -0.25) is 14.2 Å². The molecule has 6 nitrogen and oxygen atoms in total. The molecule has 1 aromatic heterocycles. The lowest BCUT2D eigenvalue weighted by atomic mass is 9.90. The Bertz CT molecular complexity index is 928. The number of likely N-dealkylation sites (tertiary alicyclic amines) is 1. The van der Waals surface area contributed by atoms with Crippen molar-refractivity contribution in [3.05, 3.63) is 40.4 Å². The highest BCUT2D eigenvalue weighted by Crippen LogP contribution is 2.40. The summed E-state index contributed by atoms with van der Waals surface area (Å²) in [5, 5.41) is 11.7. The number of benzene rings is 1. The van der Waals surface area contributed by atoms with Crippen LogP contribution in [0.5, 0.6) is 0 Å². The smallest absolute Gasteiger partial charge is 0.261 e. The SMILES string of the molecule is CCc1nc2ccccc2c(=O)n1CC1(O)CCN(C(=O)[C@@H]2C[C@@H]2C)CC1. The lowest BCUT2D eigenvalue weighted by Crippen LogP contribution is -2.50. The molecule has 1 aliphatic carbocycles. The lowest BCUT2D eigenvalue weighted by molar-refractivity contribution is -0.137. The first-order valence-corrected chi connectivity index (χ1v) is 9.91. The third-order valence-electron chi connectivity index (χ3n) is 6.14. The van der Waals surface area contributed by atoms with Crippen LogP contribution in [-0.4, -0.2) is 44.2 Å². The lowest BCUT2D eigenvalue weighted by Gasteiger charge is -2.39. The highest BCUT2D eigenvalue weighted by Gasteiger charge is 2.43. The first-order chi connectivity index (χ1) is 12.9. The van der Waals surface area contributed by atoms with Crippen LogP contribution in [0.25, 0.3) is 10.9 Å². The van der Waals surface area contributed by atoms with Crippen molar-refractivity contribution in [3.63, 3.8) is 0 Å². The zero-order valence-corrected chi connectivity index (χ0v) is 16.0. The molecule has 1 saturated heterocycles. The molecular weight excluding hydrogens is 342 g/mol. The molecule has 0 unspecified atom stereocenters. The van der Waals surface area contributed by atoms with Gasteiger partial charge in [-0.25, -0.2) is 4.98 Å². The van der Waals surface area contributed by atoms with E-state index < -0.39 is 5.60 Å². The van der Waals surface area contributed by atoms with Crippen LogP contribution in [0.2, 0.25) is 0 Å². The van der Waals surface area contributed by atoms with Crippen molar-refractivity contribution >= 4 is 16.8 Å². The normalized spacial score (nSPS) is 24.2. The molecule has 0 bridgehead atoms. The largest absolute Gasteiger partial charge is 0.388 e. The molecule has 144 valence electrons. The Morgan fingerprint density at radius 3 is 2.59 bits per heavy atom. The Morgan fingerprint density at radius 2 is 1.96 bits per heavy atom. The Labute approximate surface area is 158 Å². The fraction of sp³-hybridized carbons (Fsp3) is 0.571. The number of hydrogen-bond donors (Lipinski definition) is 1. The topological polar surface area (TPSA) is 75.4 Å². The summed E-state index contributed by atoms with van der Waals surface area (Å²) in [7, 11) is 0. The molecule has 0 spiro atoms. The van der Waals surface area contributed by atoms with Crippen molar-refractivity contribution < 1.29 is 9.90 Å². The fourth-order valence-corrected chi connectivity index (χ4v) is 4.14. The Balaban J connectivity index is 1.54. The molecule has 2 heterocycles. The number of aryl methyl sites for hydroxylation is 1. The second kappa shape index (κ2) is 6.75. The van der Waals surface area contributed by atoms with E-state index in [4.69, 9.17) is 0 Å². The monoisotopic (exact) mass is 369 g/mol. The summed E-state index contributed by atoms with van der Waals surface area (Å²) < 4.78 is 1.63. The summed E-state index contributed by atoms with van der Waals surface area (Å²) in [6, 6.07) is 7.33. The molecule has 2 atom stereocenters. The number of carbonyl (C=O) groups is 1. The van der Waals surface area contributed by atoms with Crippen molar-refractivity contribution in [2.75, 3.05) is 13.1 Å². The molecule has 1 aromatic carbocycles. The number of para-hydroxylation sites is 1. The van der Waals surface area contributed by atoms with Gasteiger partial charge in [-0.05, 0) is 37.3 Å². The van der Waals surface area contributed by atoms with E-state index in [2.05, 4.69) is 11.9 Å². The number of amides is 1. The highest BCUT2D eigenvalue weighted by atomic mass is 16.3. The van der Waals surface area contributed by atoms with Crippen molar-refractivity contribution in [1.82, 2.24) is 14.5 Å². The zero-order valence-electron chi connectivity index (χ0n) is 16.0. The molecule has 1 saturated carbocycles. The maximum absolute atomic E-state index is 13.0. The summed E-state index contributed by atoms with van der Waals surface area (Å²) in [5.74, 6) is 1.59. The average molecular weight is 369 g/mol. The van der Waals surface area contributed by atoms with Crippen LogP contribution in [0.15, 0.2) is 29.1 Å². The molecule has 6 heteroatoms. The number of fused-ring (bicyclic) bond motifs is 1. The summed E-state index contributed by atoms with van der Waals surface area (Å²) in [6.07, 6.45) is 2.59. The molecule has 2 aromatic rings. The van der Waals surface area contributed by atoms with Gasteiger partial charge in [0.2, 0.25) is 5.91 Å². The number of piperidine rings is 1. The summed E-state index contributed by atoms with van der Waals surface area (Å²) in [5.41, 5.74) is -0.387. The number of nitrogens with zero attached hydrogens (tertiary/aromatic N) is 3. The van der Waals surface area contributed by atoms with Crippen LogP contribution in [0, 0.1) is 11.8 Å². The fourth-order valence-electron chi connectivity index (χ4n) is 4.14. The van der Waals surface area contributed by atoms with Crippen molar-refractivity contribution in [2.45, 2.75) is 51.7 Å². The standard InChI is InChI=1S/C21H27N3O3/c1-3-18-22-17-7-5-4-6-15(17)20(26)24(18)13-21(27)8-10-23(11-9-21)19(25)16-12-14(16)2/h4-7,14,16,27H,3,8-13H2,1-2H3/t14-,16+/m0/s1. The van der Waals surface area contributed by atoms with Crippen LogP contribution in [0.4, 0.5) is 0 Å². The summed E-state index contributed by atoms with van der Waals surface area (Å²) in [6.45, 7) is 5.41. The van der Waals surface area contributed by atoms with Crippen LogP contribution in [0.1, 0.15) is 38.9 Å². The molecular formula is C21H27N3O3. The number of rotatable bonds is 4. The molecule has 4 rings (SSSR count). The molecule has 0 radical (unpaired) electrons. The predicted octanol–water partition coefficient (Wildman–Crippen LogP) is 1.97. The molecule has 1 amide bonds. The van der Waals surface area contributed by atoms with E-state index in [9.17, 15) is 14.7 Å². The Morgan fingerprint density at radius 1 is 1.30 bits per heavy atom. The minimum Gasteiger partial charge on any atom is -0.388 e. The average Bonchev–Trinajstić information content (AvgIpc) is 3.40. The van der Waals surface area contributed by atoms with Gasteiger partial charge in [0.05, 0.1) is 23.0 Å². The molecule has 1 N–H and O–H groups in total. The van der Waals surface area contributed by atoms with Crippen LogP contribution >= 0.6 is 0 Å². The number of carbonyl (C=O) groups excluding carboxylic acids is 1.